The molecule has 0 bridgehead atoms. The first kappa shape index (κ1) is 19.5. The summed E-state index contributed by atoms with van der Waals surface area (Å²) < 4.78 is 12.8. The molecule has 0 unspecified atom stereocenters. The standard InChI is InChI=1S/C25H18BrN3O2/c1-16-8-10-22-18(12-16)9-11-23(27-22)25-29-28-24(31-25)19-5-2-4-17(13-19)15-30-21-7-3-6-20(26)14-21/h2-14H,15H2,1H3. The quantitative estimate of drug-likeness (QED) is 0.288. The number of fused-ring (bicyclic) bond motifs is 1. The fraction of sp³-hybridized carbons (Fsp3) is 0.0800. The largest absolute Gasteiger partial charge is 0.489 e. The fourth-order valence-electron chi connectivity index (χ4n) is 3.33. The third-order valence-corrected chi connectivity index (χ3v) is 5.36. The monoisotopic (exact) mass is 471 g/mol. The van der Waals surface area contributed by atoms with Crippen LogP contribution in [-0.4, -0.2) is 15.2 Å². The van der Waals surface area contributed by atoms with Crippen molar-refractivity contribution in [2.45, 2.75) is 13.5 Å². The van der Waals surface area contributed by atoms with Crippen LogP contribution in [0.15, 0.2) is 87.8 Å². The molecule has 2 aromatic heterocycles. The van der Waals surface area contributed by atoms with Gasteiger partial charge in [0, 0.05) is 15.4 Å². The number of hydrogen-bond acceptors (Lipinski definition) is 5. The summed E-state index contributed by atoms with van der Waals surface area (Å²) in [7, 11) is 0. The second-order valence-corrected chi connectivity index (χ2v) is 8.17. The minimum Gasteiger partial charge on any atom is -0.489 e. The Balaban J connectivity index is 1.37. The molecule has 0 amide bonds. The predicted octanol–water partition coefficient (Wildman–Crippen LogP) is 6.60. The number of benzene rings is 3. The van der Waals surface area contributed by atoms with Gasteiger partial charge in [-0.1, -0.05) is 51.8 Å². The topological polar surface area (TPSA) is 61.0 Å². The Labute approximate surface area is 187 Å². The SMILES string of the molecule is Cc1ccc2nc(-c3nnc(-c4cccc(COc5cccc(Br)c5)c4)o3)ccc2c1. The van der Waals surface area contributed by atoms with Gasteiger partial charge in [0.25, 0.3) is 5.89 Å². The van der Waals surface area contributed by atoms with E-state index in [1.165, 1.54) is 5.56 Å². The summed E-state index contributed by atoms with van der Waals surface area (Å²) in [6.45, 7) is 2.51. The van der Waals surface area contributed by atoms with Crippen molar-refractivity contribution in [1.29, 1.82) is 0 Å². The van der Waals surface area contributed by atoms with Gasteiger partial charge in [0.2, 0.25) is 5.89 Å². The van der Waals surface area contributed by atoms with Crippen LogP contribution in [0.3, 0.4) is 0 Å². The molecule has 0 atom stereocenters. The summed E-state index contributed by atoms with van der Waals surface area (Å²) in [5.74, 6) is 1.65. The Morgan fingerprint density at radius 3 is 2.65 bits per heavy atom. The first-order valence-electron chi connectivity index (χ1n) is 9.83. The van der Waals surface area contributed by atoms with E-state index in [1.54, 1.807) is 0 Å². The molecule has 0 aliphatic carbocycles. The van der Waals surface area contributed by atoms with Gasteiger partial charge in [-0.25, -0.2) is 4.98 Å². The van der Waals surface area contributed by atoms with Crippen LogP contribution in [0.4, 0.5) is 0 Å². The Hall–Kier alpha value is -3.51. The van der Waals surface area contributed by atoms with Crippen molar-refractivity contribution < 1.29 is 9.15 Å². The third kappa shape index (κ3) is 4.34. The molecule has 31 heavy (non-hydrogen) atoms. The van der Waals surface area contributed by atoms with Gasteiger partial charge in [0.15, 0.2) is 0 Å². The number of aryl methyl sites for hydroxylation is 1. The highest BCUT2D eigenvalue weighted by atomic mass is 79.9. The van der Waals surface area contributed by atoms with Gasteiger partial charge in [-0.2, -0.15) is 0 Å². The molecule has 0 aliphatic heterocycles. The van der Waals surface area contributed by atoms with Crippen LogP contribution in [-0.2, 0) is 6.61 Å². The number of ether oxygens (including phenoxy) is 1. The van der Waals surface area contributed by atoms with E-state index in [-0.39, 0.29) is 0 Å². The lowest BCUT2D eigenvalue weighted by atomic mass is 10.1. The fourth-order valence-corrected chi connectivity index (χ4v) is 3.70. The second kappa shape index (κ2) is 8.32. The van der Waals surface area contributed by atoms with E-state index in [4.69, 9.17) is 9.15 Å². The van der Waals surface area contributed by atoms with Gasteiger partial charge < -0.3 is 9.15 Å². The molecule has 0 N–H and O–H groups in total. The zero-order chi connectivity index (χ0) is 21.2. The number of pyridine rings is 1. The molecule has 0 spiro atoms. The summed E-state index contributed by atoms with van der Waals surface area (Å²) in [6.07, 6.45) is 0. The lowest BCUT2D eigenvalue weighted by Crippen LogP contribution is -1.95. The van der Waals surface area contributed by atoms with Crippen LogP contribution >= 0.6 is 15.9 Å². The minimum atomic E-state index is 0.397. The number of rotatable bonds is 5. The van der Waals surface area contributed by atoms with E-state index in [1.807, 2.05) is 72.8 Å². The van der Waals surface area contributed by atoms with Crippen molar-refractivity contribution in [1.82, 2.24) is 15.2 Å². The van der Waals surface area contributed by atoms with Crippen LogP contribution in [0.25, 0.3) is 33.9 Å². The molecule has 3 aromatic carbocycles. The van der Waals surface area contributed by atoms with Crippen molar-refractivity contribution in [3.63, 3.8) is 0 Å². The molecule has 0 radical (unpaired) electrons. The average molecular weight is 472 g/mol. The molecule has 0 saturated carbocycles. The van der Waals surface area contributed by atoms with Crippen LogP contribution < -0.4 is 4.74 Å². The minimum absolute atomic E-state index is 0.397. The van der Waals surface area contributed by atoms with E-state index >= 15 is 0 Å². The van der Waals surface area contributed by atoms with E-state index in [2.05, 4.69) is 44.1 Å². The molecule has 5 rings (SSSR count). The molecule has 152 valence electrons. The normalized spacial score (nSPS) is 11.0. The average Bonchev–Trinajstić information content (AvgIpc) is 3.28. The molecule has 0 fully saturated rings. The summed E-state index contributed by atoms with van der Waals surface area (Å²) >= 11 is 3.46. The summed E-state index contributed by atoms with van der Waals surface area (Å²) in [4.78, 5) is 4.66. The maximum Gasteiger partial charge on any atom is 0.266 e. The highest BCUT2D eigenvalue weighted by Gasteiger charge is 2.13. The Morgan fingerprint density at radius 1 is 0.871 bits per heavy atom. The predicted molar refractivity (Wildman–Crippen MR) is 124 cm³/mol. The molecule has 5 aromatic rings. The maximum atomic E-state index is 5.93. The lowest BCUT2D eigenvalue weighted by molar-refractivity contribution is 0.306. The Morgan fingerprint density at radius 2 is 1.74 bits per heavy atom. The molecular weight excluding hydrogens is 454 g/mol. The van der Waals surface area contributed by atoms with Gasteiger partial charge in [0.1, 0.15) is 18.1 Å². The maximum absolute atomic E-state index is 5.93. The Kier molecular flexibility index (Phi) is 5.22. The van der Waals surface area contributed by atoms with Crippen LogP contribution in [0.1, 0.15) is 11.1 Å². The summed E-state index contributed by atoms with van der Waals surface area (Å²) in [5.41, 5.74) is 4.60. The van der Waals surface area contributed by atoms with Crippen molar-refractivity contribution in [3.8, 4) is 28.8 Å². The van der Waals surface area contributed by atoms with E-state index < -0.39 is 0 Å². The number of nitrogens with zero attached hydrogens (tertiary/aromatic N) is 3. The molecule has 0 saturated heterocycles. The molecule has 5 nitrogen and oxygen atoms in total. The molecule has 6 heteroatoms. The highest BCUT2D eigenvalue weighted by molar-refractivity contribution is 9.10. The summed E-state index contributed by atoms with van der Waals surface area (Å²) in [5, 5.41) is 9.51. The lowest BCUT2D eigenvalue weighted by Gasteiger charge is -2.07. The van der Waals surface area contributed by atoms with Crippen molar-refractivity contribution in [2.24, 2.45) is 0 Å². The van der Waals surface area contributed by atoms with E-state index in [0.29, 0.717) is 24.1 Å². The molecule has 2 heterocycles. The van der Waals surface area contributed by atoms with Crippen LogP contribution in [0.2, 0.25) is 0 Å². The first-order valence-corrected chi connectivity index (χ1v) is 10.6. The van der Waals surface area contributed by atoms with E-state index in [0.717, 1.165) is 32.3 Å². The second-order valence-electron chi connectivity index (χ2n) is 7.25. The number of aromatic nitrogens is 3. The van der Waals surface area contributed by atoms with Gasteiger partial charge in [0.05, 0.1) is 5.52 Å². The highest BCUT2D eigenvalue weighted by Crippen LogP contribution is 2.26. The Bertz CT molecular complexity index is 1380. The smallest absolute Gasteiger partial charge is 0.266 e. The molecular formula is C25H18BrN3O2. The van der Waals surface area contributed by atoms with Crippen LogP contribution in [0, 0.1) is 6.92 Å². The number of halogens is 1. The molecule has 0 aliphatic rings. The third-order valence-electron chi connectivity index (χ3n) is 4.86. The van der Waals surface area contributed by atoms with E-state index in [9.17, 15) is 0 Å². The zero-order valence-electron chi connectivity index (χ0n) is 16.7. The van der Waals surface area contributed by atoms with Crippen molar-refractivity contribution in [2.75, 3.05) is 0 Å². The van der Waals surface area contributed by atoms with Crippen LogP contribution in [0.5, 0.6) is 5.75 Å². The van der Waals surface area contributed by atoms with Gasteiger partial charge >= 0.3 is 0 Å². The number of hydrogen-bond donors (Lipinski definition) is 0. The summed E-state index contributed by atoms with van der Waals surface area (Å²) in [6, 6.07) is 25.7. The van der Waals surface area contributed by atoms with Crippen molar-refractivity contribution >= 4 is 26.8 Å². The van der Waals surface area contributed by atoms with Gasteiger partial charge in [-0.05, 0) is 61.0 Å². The first-order chi connectivity index (χ1) is 15.1. The van der Waals surface area contributed by atoms with Gasteiger partial charge in [-0.3, -0.25) is 0 Å². The zero-order valence-corrected chi connectivity index (χ0v) is 18.3. The van der Waals surface area contributed by atoms with Crippen molar-refractivity contribution in [3.05, 3.63) is 94.5 Å². The van der Waals surface area contributed by atoms with Gasteiger partial charge in [-0.15, -0.1) is 10.2 Å².